The van der Waals surface area contributed by atoms with Gasteiger partial charge in [-0.05, 0) is 31.4 Å². The molecule has 4 aliphatic rings. The van der Waals surface area contributed by atoms with Crippen molar-refractivity contribution >= 4 is 17.5 Å². The van der Waals surface area contributed by atoms with Gasteiger partial charge in [0.1, 0.15) is 11.2 Å². The topological polar surface area (TPSA) is 99.1 Å². The number of aliphatic hydroxyl groups is 1. The summed E-state index contributed by atoms with van der Waals surface area (Å²) in [5.41, 5.74) is -4.37. The first-order valence-electron chi connectivity index (χ1n) is 8.78. The van der Waals surface area contributed by atoms with E-state index >= 15 is 0 Å². The van der Waals surface area contributed by atoms with Crippen molar-refractivity contribution in [1.29, 1.82) is 0 Å². The Morgan fingerprint density at radius 3 is 2.58 bits per heavy atom. The summed E-state index contributed by atoms with van der Waals surface area (Å²) in [4.78, 5) is 38.8. The van der Waals surface area contributed by atoms with E-state index in [1.165, 1.54) is 13.2 Å². The first-order chi connectivity index (χ1) is 12.1. The van der Waals surface area contributed by atoms with Crippen LogP contribution in [0.3, 0.4) is 0 Å². The minimum absolute atomic E-state index is 0.109. The van der Waals surface area contributed by atoms with Crippen LogP contribution in [0.1, 0.15) is 40.5 Å². The van der Waals surface area contributed by atoms with Gasteiger partial charge in [0.05, 0.1) is 13.5 Å². The second-order valence-electron chi connectivity index (χ2n) is 7.73. The molecule has 7 nitrogen and oxygen atoms in total. The van der Waals surface area contributed by atoms with Crippen molar-refractivity contribution in [2.24, 2.45) is 11.3 Å². The predicted octanol–water partition coefficient (Wildman–Crippen LogP) is 1.19. The highest BCUT2D eigenvalue weighted by Gasteiger charge is 2.90. The molecule has 2 saturated heterocycles. The average Bonchev–Trinajstić information content (AvgIpc) is 2.92. The van der Waals surface area contributed by atoms with Crippen LogP contribution >= 0.6 is 0 Å². The Balaban J connectivity index is 2.14. The van der Waals surface area contributed by atoms with Gasteiger partial charge in [0.15, 0.2) is 17.0 Å². The number of esters is 1. The number of carbonyl (C=O) groups excluding carboxylic acids is 3. The molecule has 2 bridgehead atoms. The summed E-state index contributed by atoms with van der Waals surface area (Å²) in [5, 5.41) is 11.9. The van der Waals surface area contributed by atoms with E-state index in [9.17, 15) is 19.5 Å². The summed E-state index contributed by atoms with van der Waals surface area (Å²) in [7, 11) is 1.37. The highest BCUT2D eigenvalue weighted by atomic mass is 16.8. The highest BCUT2D eigenvalue weighted by molar-refractivity contribution is 6.12. The molecule has 0 aromatic carbocycles. The Morgan fingerprint density at radius 1 is 1.35 bits per heavy atom. The van der Waals surface area contributed by atoms with Crippen molar-refractivity contribution in [2.45, 2.75) is 57.5 Å². The third-order valence-corrected chi connectivity index (χ3v) is 6.90. The molecule has 0 amide bonds. The lowest BCUT2D eigenvalue weighted by atomic mass is 9.58. The molecule has 0 aromatic heterocycles. The molecule has 0 radical (unpaired) electrons. The Bertz CT molecular complexity index is 839. The van der Waals surface area contributed by atoms with Gasteiger partial charge in [-0.2, -0.15) is 0 Å². The maximum absolute atomic E-state index is 13.2. The van der Waals surface area contributed by atoms with E-state index in [-0.39, 0.29) is 12.2 Å². The Labute approximate surface area is 151 Å². The molecule has 5 unspecified atom stereocenters. The zero-order chi connectivity index (χ0) is 19.3. The molecular formula is C19H22O7. The second-order valence-corrected chi connectivity index (χ2v) is 7.73. The molecule has 2 aliphatic carbocycles. The van der Waals surface area contributed by atoms with Crippen LogP contribution in [0.25, 0.3) is 0 Å². The van der Waals surface area contributed by atoms with Crippen molar-refractivity contribution in [3.8, 4) is 0 Å². The molecule has 2 heterocycles. The molecule has 2 aliphatic heterocycles. The molecule has 140 valence electrons. The van der Waals surface area contributed by atoms with E-state index in [0.717, 1.165) is 0 Å². The molecule has 5 atom stereocenters. The molecule has 0 aromatic rings. The fourth-order valence-electron chi connectivity index (χ4n) is 5.74. The van der Waals surface area contributed by atoms with Crippen LogP contribution in [0.2, 0.25) is 0 Å². The maximum Gasteiger partial charge on any atom is 0.309 e. The number of ether oxygens (including phenoxy) is 3. The summed E-state index contributed by atoms with van der Waals surface area (Å²) in [6.45, 7) is 6.71. The molecule has 26 heavy (non-hydrogen) atoms. The Hall–Kier alpha value is -1.99. The second kappa shape index (κ2) is 4.64. The van der Waals surface area contributed by atoms with E-state index in [0.29, 0.717) is 17.6 Å². The molecule has 2 fully saturated rings. The molecule has 4 rings (SSSR count). The van der Waals surface area contributed by atoms with E-state index < -0.39 is 45.9 Å². The first-order valence-corrected chi connectivity index (χ1v) is 8.78. The van der Waals surface area contributed by atoms with Crippen LogP contribution in [-0.2, 0) is 28.6 Å². The van der Waals surface area contributed by atoms with E-state index in [1.54, 1.807) is 20.8 Å². The minimum atomic E-state index is -2.11. The first kappa shape index (κ1) is 17.4. The number of Topliss-reactive ketones (excluding diaryl/α,β-unsaturated/α-hetero) is 1. The van der Waals surface area contributed by atoms with Crippen molar-refractivity contribution in [1.82, 2.24) is 0 Å². The molecule has 2 spiro atoms. The van der Waals surface area contributed by atoms with E-state index in [2.05, 4.69) is 0 Å². The van der Waals surface area contributed by atoms with Gasteiger partial charge in [-0.3, -0.25) is 14.4 Å². The SMILES string of the molecule is CCC1=C(C)C(=O)C23OC(=O)CC(C)C4(O2)C(OC)=CC(=O)C4(O)C13C. The van der Waals surface area contributed by atoms with Gasteiger partial charge in [-0.1, -0.05) is 13.8 Å². The monoisotopic (exact) mass is 362 g/mol. The van der Waals surface area contributed by atoms with Crippen molar-refractivity contribution in [3.05, 3.63) is 23.0 Å². The average molecular weight is 362 g/mol. The zero-order valence-corrected chi connectivity index (χ0v) is 15.5. The fraction of sp³-hybridized carbons (Fsp3) is 0.632. The normalized spacial score (nSPS) is 46.8. The number of methoxy groups -OCH3 is 1. The Kier molecular flexibility index (Phi) is 3.11. The third kappa shape index (κ3) is 1.31. The van der Waals surface area contributed by atoms with Gasteiger partial charge in [0, 0.05) is 12.0 Å². The summed E-state index contributed by atoms with van der Waals surface area (Å²) in [6.07, 6.45) is 1.51. The van der Waals surface area contributed by atoms with Crippen LogP contribution in [0.4, 0.5) is 0 Å². The van der Waals surface area contributed by atoms with Gasteiger partial charge in [0.2, 0.25) is 5.78 Å². The largest absolute Gasteiger partial charge is 0.498 e. The van der Waals surface area contributed by atoms with Gasteiger partial charge < -0.3 is 19.3 Å². The summed E-state index contributed by atoms with van der Waals surface area (Å²) in [5.74, 6) is -4.30. The van der Waals surface area contributed by atoms with Gasteiger partial charge in [-0.15, -0.1) is 0 Å². The number of fused-ring (bicyclic) bond motifs is 1. The van der Waals surface area contributed by atoms with E-state index in [1.807, 2.05) is 6.92 Å². The number of hydrogen-bond donors (Lipinski definition) is 1. The number of rotatable bonds is 2. The molecule has 1 N–H and O–H groups in total. The van der Waals surface area contributed by atoms with Crippen LogP contribution in [0, 0.1) is 11.3 Å². The predicted molar refractivity (Wildman–Crippen MR) is 87.6 cm³/mol. The van der Waals surface area contributed by atoms with Crippen molar-refractivity contribution in [2.75, 3.05) is 7.11 Å². The number of ketones is 2. The lowest BCUT2D eigenvalue weighted by Gasteiger charge is -2.46. The van der Waals surface area contributed by atoms with Crippen LogP contribution < -0.4 is 0 Å². The van der Waals surface area contributed by atoms with Gasteiger partial charge in [-0.25, -0.2) is 0 Å². The molecular weight excluding hydrogens is 340 g/mol. The third-order valence-electron chi connectivity index (χ3n) is 6.90. The molecule has 0 saturated carbocycles. The van der Waals surface area contributed by atoms with Crippen LogP contribution in [0.5, 0.6) is 0 Å². The van der Waals surface area contributed by atoms with Crippen molar-refractivity contribution in [3.63, 3.8) is 0 Å². The minimum Gasteiger partial charge on any atom is -0.498 e. The van der Waals surface area contributed by atoms with Crippen molar-refractivity contribution < 1.29 is 33.7 Å². The highest BCUT2D eigenvalue weighted by Crippen LogP contribution is 2.72. The summed E-state index contributed by atoms with van der Waals surface area (Å²) in [6, 6.07) is 0. The maximum atomic E-state index is 13.2. The Morgan fingerprint density at radius 2 is 2.00 bits per heavy atom. The van der Waals surface area contributed by atoms with Gasteiger partial charge in [0.25, 0.3) is 5.79 Å². The number of carbonyl (C=O) groups is 3. The fourth-order valence-corrected chi connectivity index (χ4v) is 5.74. The summed E-state index contributed by atoms with van der Waals surface area (Å²) < 4.78 is 17.2. The summed E-state index contributed by atoms with van der Waals surface area (Å²) >= 11 is 0. The lowest BCUT2D eigenvalue weighted by molar-refractivity contribution is -0.242. The van der Waals surface area contributed by atoms with Crippen LogP contribution in [-0.4, -0.2) is 46.7 Å². The van der Waals surface area contributed by atoms with Crippen LogP contribution in [0.15, 0.2) is 23.0 Å². The smallest absolute Gasteiger partial charge is 0.309 e. The van der Waals surface area contributed by atoms with E-state index in [4.69, 9.17) is 14.2 Å². The lowest BCUT2D eigenvalue weighted by Crippen LogP contribution is -2.66. The standard InChI is InChI=1S/C19H22O7/c1-6-11-10(3)15(22)19-16(11,4)18(23)12(20)8-13(24-5)17(18,26-19)9(2)7-14(21)25-19/h8-9,23H,6-7H2,1-5H3. The quantitative estimate of drug-likeness (QED) is 0.737. The van der Waals surface area contributed by atoms with Gasteiger partial charge >= 0.3 is 5.97 Å². The number of hydrogen-bond acceptors (Lipinski definition) is 7. The zero-order valence-electron chi connectivity index (χ0n) is 15.5. The molecule has 7 heteroatoms.